The van der Waals surface area contributed by atoms with Gasteiger partial charge in [-0.25, -0.2) is 0 Å². The molecule has 0 spiro atoms. The highest BCUT2D eigenvalue weighted by Gasteiger charge is 2.31. The molecule has 0 aliphatic heterocycles. The monoisotopic (exact) mass is 590 g/mol. The van der Waals surface area contributed by atoms with Crippen LogP contribution in [0.5, 0.6) is 5.75 Å². The number of amides is 2. The Kier molecular flexibility index (Phi) is 9.77. The van der Waals surface area contributed by atoms with Gasteiger partial charge in [-0.15, -0.1) is 0 Å². The van der Waals surface area contributed by atoms with Gasteiger partial charge in [0.2, 0.25) is 5.91 Å². The highest BCUT2D eigenvalue weighted by atomic mass is 127. The molecule has 3 aromatic rings. The molecular weight excluding hydrogens is 563 g/mol. The summed E-state index contributed by atoms with van der Waals surface area (Å²) in [7, 11) is 0. The van der Waals surface area contributed by atoms with E-state index in [0.717, 1.165) is 14.7 Å². The zero-order chi connectivity index (χ0) is 24.5. The van der Waals surface area contributed by atoms with Crippen molar-refractivity contribution < 1.29 is 14.3 Å². The van der Waals surface area contributed by atoms with E-state index >= 15 is 0 Å². The van der Waals surface area contributed by atoms with Gasteiger partial charge in [-0.3, -0.25) is 9.59 Å². The second-order valence-electron chi connectivity index (χ2n) is 8.26. The number of benzene rings is 3. The molecule has 1 atom stereocenters. The smallest absolute Gasteiger partial charge is 0.261 e. The first-order valence-corrected chi connectivity index (χ1v) is 12.5. The van der Waals surface area contributed by atoms with Crippen molar-refractivity contribution in [2.75, 3.05) is 6.61 Å². The molecule has 0 unspecified atom stereocenters. The number of halogens is 2. The highest BCUT2D eigenvalue weighted by molar-refractivity contribution is 14.1. The van der Waals surface area contributed by atoms with Crippen LogP contribution in [0.4, 0.5) is 0 Å². The van der Waals surface area contributed by atoms with Crippen molar-refractivity contribution in [1.29, 1.82) is 0 Å². The molecule has 3 aromatic carbocycles. The molecule has 0 fully saturated rings. The Morgan fingerprint density at radius 3 is 2.29 bits per heavy atom. The van der Waals surface area contributed by atoms with Gasteiger partial charge in [0.1, 0.15) is 11.8 Å². The molecule has 2 amide bonds. The number of ether oxygens (including phenoxy) is 1. The van der Waals surface area contributed by atoms with Crippen LogP contribution in [-0.4, -0.2) is 35.4 Å². The van der Waals surface area contributed by atoms with Gasteiger partial charge in [0.05, 0.1) is 0 Å². The number of rotatable bonds is 10. The van der Waals surface area contributed by atoms with Gasteiger partial charge < -0.3 is 15.0 Å². The zero-order valence-electron chi connectivity index (χ0n) is 19.2. The first-order chi connectivity index (χ1) is 16.3. The molecule has 0 aliphatic carbocycles. The molecule has 0 radical (unpaired) electrons. The van der Waals surface area contributed by atoms with Gasteiger partial charge in [0.15, 0.2) is 6.61 Å². The van der Waals surface area contributed by atoms with Crippen LogP contribution in [0.2, 0.25) is 5.02 Å². The number of hydrogen-bond donors (Lipinski definition) is 1. The van der Waals surface area contributed by atoms with Crippen molar-refractivity contribution >= 4 is 46.0 Å². The lowest BCUT2D eigenvalue weighted by Gasteiger charge is -2.32. The number of hydrogen-bond acceptors (Lipinski definition) is 3. The fourth-order valence-electron chi connectivity index (χ4n) is 3.53. The van der Waals surface area contributed by atoms with E-state index < -0.39 is 6.04 Å². The van der Waals surface area contributed by atoms with Crippen molar-refractivity contribution in [3.63, 3.8) is 0 Å². The number of carbonyl (C=O) groups is 2. The van der Waals surface area contributed by atoms with Crippen molar-refractivity contribution in [2.45, 2.75) is 38.9 Å². The second kappa shape index (κ2) is 12.8. The third-order valence-electron chi connectivity index (χ3n) is 5.12. The fraction of sp³-hybridized carbons (Fsp3) is 0.259. The van der Waals surface area contributed by atoms with E-state index in [1.165, 1.54) is 0 Å². The predicted molar refractivity (Wildman–Crippen MR) is 144 cm³/mol. The third-order valence-corrected chi connectivity index (χ3v) is 6.07. The Hall–Kier alpha value is -2.58. The Morgan fingerprint density at radius 1 is 0.971 bits per heavy atom. The van der Waals surface area contributed by atoms with E-state index in [4.69, 9.17) is 16.3 Å². The average Bonchev–Trinajstić information content (AvgIpc) is 2.81. The molecule has 0 saturated carbocycles. The zero-order valence-corrected chi connectivity index (χ0v) is 22.1. The minimum atomic E-state index is -0.711. The van der Waals surface area contributed by atoms with Crippen molar-refractivity contribution in [2.24, 2.45) is 0 Å². The topological polar surface area (TPSA) is 58.6 Å². The maximum atomic E-state index is 13.5. The molecule has 5 nitrogen and oxygen atoms in total. The first-order valence-electron chi connectivity index (χ1n) is 11.1. The van der Waals surface area contributed by atoms with E-state index in [2.05, 4.69) is 27.9 Å². The quantitative estimate of drug-likeness (QED) is 0.318. The third kappa shape index (κ3) is 8.02. The standard InChI is InChI=1S/C27H28ClIN2O3/c1-19(2)30-27(33)25(16-20-7-4-3-5-8-20)31(17-21-9-6-10-22(28)15-21)26(32)18-34-24-13-11-23(29)12-14-24/h3-15,19,25H,16-18H2,1-2H3,(H,30,33)/t25-/m0/s1. The SMILES string of the molecule is CC(C)NC(=O)[C@H](Cc1ccccc1)N(Cc1cccc(Cl)c1)C(=O)COc1ccc(I)cc1. The minimum absolute atomic E-state index is 0.0584. The highest BCUT2D eigenvalue weighted by Crippen LogP contribution is 2.19. The largest absolute Gasteiger partial charge is 0.484 e. The summed E-state index contributed by atoms with van der Waals surface area (Å²) in [5.41, 5.74) is 1.80. The molecule has 0 saturated heterocycles. The van der Waals surface area contributed by atoms with Crippen LogP contribution in [0.1, 0.15) is 25.0 Å². The fourth-order valence-corrected chi connectivity index (χ4v) is 4.10. The normalized spacial score (nSPS) is 11.7. The van der Waals surface area contributed by atoms with Gasteiger partial charge in [-0.2, -0.15) is 0 Å². The van der Waals surface area contributed by atoms with E-state index in [1.807, 2.05) is 86.6 Å². The Labute approximate surface area is 219 Å². The van der Waals surface area contributed by atoms with Gasteiger partial charge in [-0.1, -0.05) is 54.1 Å². The number of nitrogens with one attached hydrogen (secondary N) is 1. The van der Waals surface area contributed by atoms with Crippen LogP contribution < -0.4 is 10.1 Å². The summed E-state index contributed by atoms with van der Waals surface area (Å²) < 4.78 is 6.85. The lowest BCUT2D eigenvalue weighted by Crippen LogP contribution is -2.52. The molecule has 1 N–H and O–H groups in total. The number of carbonyl (C=O) groups excluding carboxylic acids is 2. The summed E-state index contributed by atoms with van der Waals surface area (Å²) in [6, 6.07) is 23.7. The molecule has 0 aromatic heterocycles. The lowest BCUT2D eigenvalue weighted by atomic mass is 10.0. The van der Waals surface area contributed by atoms with E-state index in [-0.39, 0.29) is 31.0 Å². The van der Waals surface area contributed by atoms with E-state index in [0.29, 0.717) is 17.2 Å². The predicted octanol–water partition coefficient (Wildman–Crippen LogP) is 5.49. The van der Waals surface area contributed by atoms with Gasteiger partial charge in [0, 0.05) is 27.6 Å². The molecule has 34 heavy (non-hydrogen) atoms. The summed E-state index contributed by atoms with van der Waals surface area (Å²) in [5, 5.41) is 3.55. The Bertz CT molecular complexity index is 1090. The van der Waals surface area contributed by atoms with E-state index in [9.17, 15) is 9.59 Å². The molecule has 3 rings (SSSR count). The van der Waals surface area contributed by atoms with Gasteiger partial charge in [0.25, 0.3) is 5.91 Å². The van der Waals surface area contributed by atoms with E-state index in [1.54, 1.807) is 11.0 Å². The van der Waals surface area contributed by atoms with Gasteiger partial charge >= 0.3 is 0 Å². The maximum absolute atomic E-state index is 13.5. The molecule has 7 heteroatoms. The van der Waals surface area contributed by atoms with Crippen molar-refractivity contribution in [1.82, 2.24) is 10.2 Å². The van der Waals surface area contributed by atoms with Crippen LogP contribution >= 0.6 is 34.2 Å². The second-order valence-corrected chi connectivity index (χ2v) is 9.95. The minimum Gasteiger partial charge on any atom is -0.484 e. The summed E-state index contributed by atoms with van der Waals surface area (Å²) in [6.45, 7) is 3.86. The molecule has 0 heterocycles. The number of nitrogens with zero attached hydrogens (tertiary/aromatic N) is 1. The average molecular weight is 591 g/mol. The summed E-state index contributed by atoms with van der Waals surface area (Å²) >= 11 is 8.41. The van der Waals surface area contributed by atoms with Crippen molar-refractivity contribution in [3.8, 4) is 5.75 Å². The summed E-state index contributed by atoms with van der Waals surface area (Å²) in [4.78, 5) is 28.4. The molecule has 178 valence electrons. The molecule has 0 aliphatic rings. The van der Waals surface area contributed by atoms with Crippen molar-refractivity contribution in [3.05, 3.63) is 98.6 Å². The Morgan fingerprint density at radius 2 is 1.65 bits per heavy atom. The van der Waals surface area contributed by atoms with Crippen LogP contribution in [-0.2, 0) is 22.6 Å². The van der Waals surface area contributed by atoms with Gasteiger partial charge in [-0.05, 0) is 84.0 Å². The lowest BCUT2D eigenvalue weighted by molar-refractivity contribution is -0.143. The summed E-state index contributed by atoms with van der Waals surface area (Å²) in [6.07, 6.45) is 0.384. The first kappa shape index (κ1) is 26.0. The molecule has 0 bridgehead atoms. The summed E-state index contributed by atoms with van der Waals surface area (Å²) in [5.74, 6) is 0.115. The van der Waals surface area contributed by atoms with Crippen LogP contribution in [0, 0.1) is 3.57 Å². The van der Waals surface area contributed by atoms with Crippen LogP contribution in [0.3, 0.4) is 0 Å². The van der Waals surface area contributed by atoms with Crippen LogP contribution in [0.15, 0.2) is 78.9 Å². The maximum Gasteiger partial charge on any atom is 0.261 e. The molecular formula is C27H28ClIN2O3. The Balaban J connectivity index is 1.90. The van der Waals surface area contributed by atoms with Crippen LogP contribution in [0.25, 0.3) is 0 Å².